The highest BCUT2D eigenvalue weighted by Gasteiger charge is 2.16. The van der Waals surface area contributed by atoms with Gasteiger partial charge in [0.15, 0.2) is 0 Å². The van der Waals surface area contributed by atoms with E-state index in [1.165, 1.54) is 7.11 Å². The second-order valence-electron chi connectivity index (χ2n) is 2.57. The van der Waals surface area contributed by atoms with Crippen molar-refractivity contribution in [3.63, 3.8) is 0 Å². The monoisotopic (exact) mass is 232 g/mol. The van der Waals surface area contributed by atoms with E-state index >= 15 is 0 Å². The third kappa shape index (κ3) is 6.85. The standard InChI is InChI=1S/C8H11O3P.CH2O2/c1-11-12(9,10)7-8-5-3-2-4-6-8;2-1-3/h2-6H,7H2,1H3,(H,9,10);1H,(H,2,3). The van der Waals surface area contributed by atoms with Gasteiger partial charge < -0.3 is 14.5 Å². The van der Waals surface area contributed by atoms with E-state index in [2.05, 4.69) is 4.52 Å². The molecule has 84 valence electrons. The summed E-state index contributed by atoms with van der Waals surface area (Å²) in [6.45, 7) is -0.250. The Morgan fingerprint density at radius 3 is 2.27 bits per heavy atom. The minimum absolute atomic E-state index is 0.0737. The topological polar surface area (TPSA) is 83.8 Å². The van der Waals surface area contributed by atoms with Crippen LogP contribution < -0.4 is 0 Å². The molecule has 0 heterocycles. The second-order valence-corrected chi connectivity index (χ2v) is 4.53. The summed E-state index contributed by atoms with van der Waals surface area (Å²) >= 11 is 0. The Kier molecular flexibility index (Phi) is 6.62. The first-order valence-corrected chi connectivity index (χ1v) is 5.81. The molecule has 5 nitrogen and oxygen atoms in total. The van der Waals surface area contributed by atoms with Crippen LogP contribution in [0.1, 0.15) is 5.56 Å². The summed E-state index contributed by atoms with van der Waals surface area (Å²) in [4.78, 5) is 17.5. The van der Waals surface area contributed by atoms with Crippen LogP contribution in [0.2, 0.25) is 0 Å². The van der Waals surface area contributed by atoms with Crippen LogP contribution in [0, 0.1) is 0 Å². The van der Waals surface area contributed by atoms with Gasteiger partial charge in [-0.05, 0) is 5.56 Å². The zero-order valence-corrected chi connectivity index (χ0v) is 9.13. The molecule has 1 aromatic rings. The molecule has 0 aromatic heterocycles. The van der Waals surface area contributed by atoms with Gasteiger partial charge in [0, 0.05) is 7.11 Å². The lowest BCUT2D eigenvalue weighted by molar-refractivity contribution is -0.122. The minimum Gasteiger partial charge on any atom is -0.483 e. The maximum Gasteiger partial charge on any atom is 0.332 e. The van der Waals surface area contributed by atoms with Crippen molar-refractivity contribution in [2.24, 2.45) is 0 Å². The molecule has 0 aliphatic heterocycles. The van der Waals surface area contributed by atoms with Gasteiger partial charge >= 0.3 is 7.60 Å². The van der Waals surface area contributed by atoms with Gasteiger partial charge in [0.1, 0.15) is 0 Å². The Hall–Kier alpha value is -1.16. The Bertz CT molecular complexity index is 325. The van der Waals surface area contributed by atoms with Crippen LogP contribution in [-0.2, 0) is 20.0 Å². The maximum atomic E-state index is 11.1. The molecular weight excluding hydrogens is 219 g/mol. The molecule has 6 heteroatoms. The lowest BCUT2D eigenvalue weighted by atomic mass is 10.2. The molecule has 0 fully saturated rings. The predicted octanol–water partition coefficient (Wildman–Crippen LogP) is 1.72. The van der Waals surface area contributed by atoms with Crippen LogP contribution >= 0.6 is 7.60 Å². The maximum absolute atomic E-state index is 11.1. The van der Waals surface area contributed by atoms with E-state index in [4.69, 9.17) is 14.8 Å². The van der Waals surface area contributed by atoms with Gasteiger partial charge in [-0.2, -0.15) is 0 Å². The van der Waals surface area contributed by atoms with Gasteiger partial charge in [0.05, 0.1) is 6.16 Å². The van der Waals surface area contributed by atoms with Crippen molar-refractivity contribution in [2.45, 2.75) is 6.16 Å². The van der Waals surface area contributed by atoms with Gasteiger partial charge in [-0.15, -0.1) is 0 Å². The summed E-state index contributed by atoms with van der Waals surface area (Å²) in [6.07, 6.45) is 0.0737. The number of hydrogen-bond acceptors (Lipinski definition) is 3. The van der Waals surface area contributed by atoms with E-state index in [1.54, 1.807) is 12.1 Å². The molecule has 1 unspecified atom stereocenters. The summed E-state index contributed by atoms with van der Waals surface area (Å²) in [5.41, 5.74) is 0.810. The Labute approximate surface area is 87.9 Å². The van der Waals surface area contributed by atoms with E-state index in [-0.39, 0.29) is 12.6 Å². The first kappa shape index (κ1) is 13.8. The lowest BCUT2D eigenvalue weighted by Gasteiger charge is -2.07. The first-order chi connectivity index (χ1) is 7.05. The smallest absolute Gasteiger partial charge is 0.332 e. The predicted molar refractivity (Wildman–Crippen MR) is 55.7 cm³/mol. The highest BCUT2D eigenvalue weighted by Crippen LogP contribution is 2.44. The normalized spacial score (nSPS) is 13.2. The Balaban J connectivity index is 0.000000583. The molecule has 0 spiro atoms. The third-order valence-corrected chi connectivity index (χ3v) is 2.85. The quantitative estimate of drug-likeness (QED) is 0.612. The van der Waals surface area contributed by atoms with Gasteiger partial charge in [0.2, 0.25) is 0 Å². The molecule has 15 heavy (non-hydrogen) atoms. The summed E-state index contributed by atoms with van der Waals surface area (Å²) in [7, 11) is -2.16. The molecule has 1 aromatic carbocycles. The largest absolute Gasteiger partial charge is 0.483 e. The zero-order valence-electron chi connectivity index (χ0n) is 8.24. The van der Waals surface area contributed by atoms with Crippen molar-refractivity contribution < 1.29 is 23.9 Å². The highest BCUT2D eigenvalue weighted by atomic mass is 31.2. The third-order valence-electron chi connectivity index (χ3n) is 1.51. The van der Waals surface area contributed by atoms with Gasteiger partial charge in [0.25, 0.3) is 6.47 Å². The summed E-state index contributed by atoms with van der Waals surface area (Å²) in [5, 5.41) is 6.89. The molecule has 0 bridgehead atoms. The molecule has 1 rings (SSSR count). The SMILES string of the molecule is COP(=O)(O)Cc1ccccc1.O=CO. The van der Waals surface area contributed by atoms with Gasteiger partial charge in [-0.3, -0.25) is 9.36 Å². The van der Waals surface area contributed by atoms with Crippen LogP contribution in [0.15, 0.2) is 30.3 Å². The molecule has 0 saturated carbocycles. The fourth-order valence-corrected chi connectivity index (χ4v) is 1.68. The van der Waals surface area contributed by atoms with Crippen LogP contribution in [-0.4, -0.2) is 23.6 Å². The van der Waals surface area contributed by atoms with Crippen LogP contribution in [0.5, 0.6) is 0 Å². The lowest BCUT2D eigenvalue weighted by Crippen LogP contribution is -1.88. The van der Waals surface area contributed by atoms with E-state index in [1.807, 2.05) is 18.2 Å². The fourth-order valence-electron chi connectivity index (χ4n) is 0.879. The number of carboxylic acid groups (broad SMARTS) is 1. The van der Waals surface area contributed by atoms with Crippen LogP contribution in [0.4, 0.5) is 0 Å². The summed E-state index contributed by atoms with van der Waals surface area (Å²) < 4.78 is 15.5. The van der Waals surface area contributed by atoms with E-state index in [0.717, 1.165) is 5.56 Å². The Morgan fingerprint density at radius 1 is 1.40 bits per heavy atom. The highest BCUT2D eigenvalue weighted by molar-refractivity contribution is 7.51. The van der Waals surface area contributed by atoms with Gasteiger partial charge in [-0.25, -0.2) is 0 Å². The van der Waals surface area contributed by atoms with Gasteiger partial charge in [-0.1, -0.05) is 30.3 Å². The molecule has 1 atom stereocenters. The van der Waals surface area contributed by atoms with Crippen molar-refractivity contribution in [3.8, 4) is 0 Å². The number of rotatable bonds is 3. The van der Waals surface area contributed by atoms with Crippen LogP contribution in [0.3, 0.4) is 0 Å². The molecule has 0 aliphatic carbocycles. The van der Waals surface area contributed by atoms with Crippen molar-refractivity contribution in [1.82, 2.24) is 0 Å². The average molecular weight is 232 g/mol. The summed E-state index contributed by atoms with van der Waals surface area (Å²) in [6, 6.07) is 9.10. The number of hydrogen-bond donors (Lipinski definition) is 2. The van der Waals surface area contributed by atoms with Crippen molar-refractivity contribution >= 4 is 14.1 Å². The molecule has 0 aliphatic rings. The molecule has 0 amide bonds. The number of benzene rings is 1. The van der Waals surface area contributed by atoms with E-state index < -0.39 is 7.60 Å². The number of carbonyl (C=O) groups is 1. The van der Waals surface area contributed by atoms with Crippen molar-refractivity contribution in [1.29, 1.82) is 0 Å². The first-order valence-electron chi connectivity index (χ1n) is 4.05. The fraction of sp³-hybridized carbons (Fsp3) is 0.222. The van der Waals surface area contributed by atoms with E-state index in [0.29, 0.717) is 0 Å². The van der Waals surface area contributed by atoms with Crippen molar-refractivity contribution in [2.75, 3.05) is 7.11 Å². The molecule has 0 radical (unpaired) electrons. The molecule has 2 N–H and O–H groups in total. The van der Waals surface area contributed by atoms with E-state index in [9.17, 15) is 4.57 Å². The second kappa shape index (κ2) is 7.17. The summed E-state index contributed by atoms with van der Waals surface area (Å²) in [5.74, 6) is 0. The minimum atomic E-state index is -3.40. The zero-order chi connectivity index (χ0) is 11.7. The van der Waals surface area contributed by atoms with Crippen LogP contribution in [0.25, 0.3) is 0 Å². The molecular formula is C9H13O5P. The Morgan fingerprint density at radius 2 is 1.87 bits per heavy atom. The average Bonchev–Trinajstić information content (AvgIpc) is 2.20. The molecule has 0 saturated heterocycles. The van der Waals surface area contributed by atoms with Crippen molar-refractivity contribution in [3.05, 3.63) is 35.9 Å².